The van der Waals surface area contributed by atoms with E-state index in [1.54, 1.807) is 22.7 Å². The van der Waals surface area contributed by atoms with E-state index in [2.05, 4.69) is 57.0 Å². The van der Waals surface area contributed by atoms with Gasteiger partial charge in [-0.15, -0.1) is 11.3 Å². The number of aromatic nitrogens is 4. The minimum absolute atomic E-state index is 0.0466. The van der Waals surface area contributed by atoms with Gasteiger partial charge in [0.1, 0.15) is 34.9 Å². The summed E-state index contributed by atoms with van der Waals surface area (Å²) in [5.41, 5.74) is 4.64. The van der Waals surface area contributed by atoms with Crippen LogP contribution in [-0.4, -0.2) is 103 Å². The first-order valence-corrected chi connectivity index (χ1v) is 24.7. The summed E-state index contributed by atoms with van der Waals surface area (Å²) >= 11 is 8.23. The van der Waals surface area contributed by atoms with Gasteiger partial charge >= 0.3 is 0 Å². The van der Waals surface area contributed by atoms with Crippen molar-refractivity contribution in [2.24, 2.45) is 0 Å². The van der Waals surface area contributed by atoms with Gasteiger partial charge < -0.3 is 25.1 Å². The number of nitrogens with zero attached hydrogens (tertiary/aromatic N) is 7. The molecule has 0 bridgehead atoms. The molecule has 3 aliphatic rings. The summed E-state index contributed by atoms with van der Waals surface area (Å²) in [5, 5.41) is 13.4. The molecule has 9 rings (SSSR count). The Labute approximate surface area is 394 Å². The van der Waals surface area contributed by atoms with Gasteiger partial charge in [-0.2, -0.15) is 10.1 Å². The van der Waals surface area contributed by atoms with Crippen molar-refractivity contribution in [3.05, 3.63) is 93.7 Å². The molecule has 2 saturated heterocycles. The highest BCUT2D eigenvalue weighted by molar-refractivity contribution is 7.81. The molecule has 0 spiro atoms. The number of carbonyl (C=O) groups is 4. The number of benzene rings is 3. The molecule has 3 unspecified atom stereocenters. The number of halogens is 1. The second kappa shape index (κ2) is 18.9. The van der Waals surface area contributed by atoms with E-state index in [9.17, 15) is 23.4 Å². The van der Waals surface area contributed by atoms with Crippen molar-refractivity contribution in [2.75, 3.05) is 48.4 Å². The topological polar surface area (TPSA) is 171 Å². The summed E-state index contributed by atoms with van der Waals surface area (Å²) in [6.07, 6.45) is 8.80. The van der Waals surface area contributed by atoms with Crippen LogP contribution in [0.5, 0.6) is 5.75 Å². The Hall–Kier alpha value is -5.75. The molecule has 0 aliphatic carbocycles. The first-order valence-electron chi connectivity index (χ1n) is 22.3. The van der Waals surface area contributed by atoms with Crippen molar-refractivity contribution in [1.29, 1.82) is 0 Å². The van der Waals surface area contributed by atoms with Crippen molar-refractivity contribution in [2.45, 2.75) is 88.6 Å². The third-order valence-electron chi connectivity index (χ3n) is 13.1. The van der Waals surface area contributed by atoms with Crippen LogP contribution in [0.2, 0.25) is 5.02 Å². The van der Waals surface area contributed by atoms with Crippen LogP contribution >= 0.6 is 22.9 Å². The summed E-state index contributed by atoms with van der Waals surface area (Å²) < 4.78 is 23.3. The van der Waals surface area contributed by atoms with Crippen LogP contribution in [0.1, 0.15) is 84.8 Å². The van der Waals surface area contributed by atoms with Crippen molar-refractivity contribution in [3.63, 3.8) is 0 Å². The number of hydrogen-bond donors (Lipinski definition) is 2. The number of ether oxygens (including phenoxy) is 1. The average molecular weight is 951 g/mol. The number of rotatable bonds is 16. The lowest BCUT2D eigenvalue weighted by atomic mass is 9.85. The Morgan fingerprint density at radius 1 is 1.06 bits per heavy atom. The van der Waals surface area contributed by atoms with E-state index in [0.717, 1.165) is 82.7 Å². The van der Waals surface area contributed by atoms with E-state index >= 15 is 0 Å². The number of nitrogens with one attached hydrogen (secondary N) is 2. The third kappa shape index (κ3) is 8.69. The van der Waals surface area contributed by atoms with Crippen LogP contribution in [0.25, 0.3) is 27.0 Å². The molecule has 6 heterocycles. The van der Waals surface area contributed by atoms with Gasteiger partial charge in [-0.25, -0.2) is 18.0 Å². The first-order chi connectivity index (χ1) is 31.9. The van der Waals surface area contributed by atoms with E-state index < -0.39 is 17.0 Å². The second-order valence-electron chi connectivity index (χ2n) is 17.7. The quantitative estimate of drug-likeness (QED) is 0.0921. The Morgan fingerprint density at radius 2 is 1.86 bits per heavy atom. The molecular weight excluding hydrogens is 898 g/mol. The van der Waals surface area contributed by atoms with Crippen LogP contribution in [0, 0.1) is 6.92 Å². The SMILES string of the molecule is CNC(=O)C(CCC=O)N1C(=O)c2cccc3c(C4CCN(c5cn6ncc(CS(=O)N7CCC(Nc8cccc(-c9sc(C)c(OCC=O)c9Cl)c8)CC7(C)C)nc6n5)CC4)ccc1c23. The second-order valence-corrected chi connectivity index (χ2v) is 20.7. The number of piperidine rings is 2. The number of amides is 2. The van der Waals surface area contributed by atoms with Crippen LogP contribution in [0.15, 0.2) is 67.0 Å². The predicted octanol–water partition coefficient (Wildman–Crippen LogP) is 7.50. The zero-order valence-corrected chi connectivity index (χ0v) is 39.7. The van der Waals surface area contributed by atoms with Crippen molar-refractivity contribution in [1.82, 2.24) is 29.2 Å². The fourth-order valence-corrected chi connectivity index (χ4v) is 12.9. The average Bonchev–Trinajstić information content (AvgIpc) is 3.96. The number of anilines is 3. The van der Waals surface area contributed by atoms with Crippen molar-refractivity contribution < 1.29 is 28.1 Å². The fraction of sp³-hybridized carbons (Fsp3) is 0.396. The van der Waals surface area contributed by atoms with Crippen molar-refractivity contribution in [3.8, 4) is 16.2 Å². The van der Waals surface area contributed by atoms with Crippen LogP contribution in [-0.2, 0) is 31.1 Å². The van der Waals surface area contributed by atoms with Gasteiger partial charge in [-0.05, 0) is 99.6 Å². The summed E-state index contributed by atoms with van der Waals surface area (Å²) in [7, 11) is 0.195. The number of likely N-dealkylation sites (N-methyl/N-ethyl adjacent to an activating group) is 1. The largest absolute Gasteiger partial charge is 0.483 e. The van der Waals surface area contributed by atoms with E-state index in [4.69, 9.17) is 26.3 Å². The lowest BCUT2D eigenvalue weighted by Gasteiger charge is -2.44. The zero-order chi connectivity index (χ0) is 46.3. The molecule has 3 aromatic heterocycles. The highest BCUT2D eigenvalue weighted by Gasteiger charge is 2.40. The Kier molecular flexibility index (Phi) is 13.0. The molecule has 0 saturated carbocycles. The molecule has 3 atom stereocenters. The lowest BCUT2D eigenvalue weighted by Crippen LogP contribution is -2.53. The summed E-state index contributed by atoms with van der Waals surface area (Å²) in [6, 6.07) is 17.3. The number of carbonyl (C=O) groups excluding carboxylic acids is 4. The summed E-state index contributed by atoms with van der Waals surface area (Å²) in [4.78, 5) is 64.1. The number of imidazole rings is 1. The number of aldehydes is 2. The normalized spacial score (nSPS) is 18.4. The maximum atomic E-state index is 14.0. The van der Waals surface area contributed by atoms with Crippen LogP contribution < -0.4 is 25.2 Å². The van der Waals surface area contributed by atoms with E-state index in [1.165, 1.54) is 16.9 Å². The molecule has 6 aromatic rings. The molecule has 344 valence electrons. The van der Waals surface area contributed by atoms with Gasteiger partial charge in [0.2, 0.25) is 5.91 Å². The Balaban J connectivity index is 0.823. The van der Waals surface area contributed by atoms with Crippen molar-refractivity contribution >= 4 is 92.1 Å². The van der Waals surface area contributed by atoms with E-state index in [0.29, 0.717) is 46.3 Å². The minimum atomic E-state index is -1.35. The predicted molar refractivity (Wildman–Crippen MR) is 259 cm³/mol. The van der Waals surface area contributed by atoms with Gasteiger partial charge in [0.15, 0.2) is 17.9 Å². The lowest BCUT2D eigenvalue weighted by molar-refractivity contribution is -0.122. The number of aryl methyl sites for hydroxylation is 1. The number of thiophene rings is 1. The molecule has 3 aliphatic heterocycles. The fourth-order valence-electron chi connectivity index (χ4n) is 9.95. The molecule has 15 nitrogen and oxygen atoms in total. The molecule has 2 N–H and O–H groups in total. The zero-order valence-electron chi connectivity index (χ0n) is 37.3. The summed E-state index contributed by atoms with van der Waals surface area (Å²) in [6.45, 7) is 8.31. The highest BCUT2D eigenvalue weighted by Crippen LogP contribution is 2.46. The minimum Gasteiger partial charge on any atom is -0.483 e. The Morgan fingerprint density at radius 3 is 2.62 bits per heavy atom. The number of hydrogen-bond acceptors (Lipinski definition) is 12. The molecule has 0 radical (unpaired) electrons. The Bertz CT molecular complexity index is 2880. The molecule has 18 heteroatoms. The summed E-state index contributed by atoms with van der Waals surface area (Å²) in [5.74, 6) is 1.74. The van der Waals surface area contributed by atoms with Gasteiger partial charge in [0.05, 0.1) is 34.4 Å². The first kappa shape index (κ1) is 45.4. The maximum Gasteiger partial charge on any atom is 0.259 e. The maximum absolute atomic E-state index is 14.0. The van der Waals surface area contributed by atoms with Crippen LogP contribution in [0.4, 0.5) is 17.2 Å². The molecule has 66 heavy (non-hydrogen) atoms. The van der Waals surface area contributed by atoms with E-state index in [1.807, 2.05) is 49.5 Å². The van der Waals surface area contributed by atoms with E-state index in [-0.39, 0.29) is 54.5 Å². The van der Waals surface area contributed by atoms with Gasteiger partial charge in [0, 0.05) is 66.2 Å². The van der Waals surface area contributed by atoms with Crippen LogP contribution in [0.3, 0.4) is 0 Å². The van der Waals surface area contributed by atoms with Gasteiger partial charge in [0.25, 0.3) is 11.7 Å². The highest BCUT2D eigenvalue weighted by atomic mass is 35.5. The molecule has 2 fully saturated rings. The third-order valence-corrected chi connectivity index (χ3v) is 16.4. The van der Waals surface area contributed by atoms with Gasteiger partial charge in [-0.3, -0.25) is 19.3 Å². The van der Waals surface area contributed by atoms with Gasteiger partial charge in [-0.1, -0.05) is 41.9 Å². The number of fused-ring (bicyclic) bond motifs is 1. The molecule has 2 amide bonds. The smallest absolute Gasteiger partial charge is 0.259 e. The molecule has 3 aromatic carbocycles. The molecular formula is C48H52ClN9O6S2. The monoisotopic (exact) mass is 949 g/mol. The standard InChI is InChI=1S/C48H52ClN9O6S2/c1-29-43(64-23-22-60)42(49)44(65-29)31-8-5-9-32(24-31)52-33-17-20-57(48(2,3)25-33)66(63)28-34-26-51-56-27-40(54-47(56)53-34)55-18-15-30(16-19-55)35-13-14-38-41-36(35)10-6-11-37(41)46(62)58(38)39(12-7-21-59)45(61)50-4/h5-6,8-11,13-14,21-22,24,26-27,30,33,39,52H,7,12,15-20,23,25,28H2,1-4H3,(H,50,61).